The highest BCUT2D eigenvalue weighted by atomic mass is 16.5. The van der Waals surface area contributed by atoms with Crippen LogP contribution in [0, 0.1) is 0 Å². The van der Waals surface area contributed by atoms with Gasteiger partial charge in [-0.2, -0.15) is 0 Å². The zero-order chi connectivity index (χ0) is 19.2. The van der Waals surface area contributed by atoms with Crippen molar-refractivity contribution in [1.82, 2.24) is 15.3 Å². The number of imidazole rings is 1. The zero-order valence-electron chi connectivity index (χ0n) is 15.3. The SMILES string of the molecule is O=C(COc1ccccc1)NC(Cc1ccccc1)c1nc2ccccc2[nH]1. The Labute approximate surface area is 163 Å². The van der Waals surface area contributed by atoms with Crippen LogP contribution >= 0.6 is 0 Å². The maximum atomic E-state index is 12.5. The Morgan fingerprint density at radius 1 is 0.929 bits per heavy atom. The van der Waals surface area contributed by atoms with Crippen molar-refractivity contribution in [2.75, 3.05) is 6.61 Å². The molecule has 0 spiro atoms. The van der Waals surface area contributed by atoms with Gasteiger partial charge in [0.25, 0.3) is 5.91 Å². The standard InChI is InChI=1S/C23H21N3O2/c27-22(16-28-18-11-5-2-6-12-18)24-21(15-17-9-3-1-4-10-17)23-25-19-13-7-8-14-20(19)26-23/h1-14,21H,15-16H2,(H,24,27)(H,25,26). The van der Waals surface area contributed by atoms with Gasteiger partial charge in [0.15, 0.2) is 6.61 Å². The number of para-hydroxylation sites is 3. The van der Waals surface area contributed by atoms with E-state index >= 15 is 0 Å². The second kappa shape index (κ2) is 8.39. The molecule has 140 valence electrons. The summed E-state index contributed by atoms with van der Waals surface area (Å²) in [6.45, 7) is -0.0461. The molecule has 2 N–H and O–H groups in total. The Hall–Kier alpha value is -3.60. The van der Waals surface area contributed by atoms with Gasteiger partial charge in [-0.3, -0.25) is 4.79 Å². The topological polar surface area (TPSA) is 67.0 Å². The van der Waals surface area contributed by atoms with Crippen molar-refractivity contribution in [3.05, 3.63) is 96.3 Å². The predicted molar refractivity (Wildman–Crippen MR) is 109 cm³/mol. The summed E-state index contributed by atoms with van der Waals surface area (Å²) in [4.78, 5) is 20.5. The number of carbonyl (C=O) groups is 1. The molecule has 1 unspecified atom stereocenters. The van der Waals surface area contributed by atoms with E-state index in [2.05, 4.69) is 15.3 Å². The van der Waals surface area contributed by atoms with E-state index < -0.39 is 0 Å². The first kappa shape index (κ1) is 17.8. The quantitative estimate of drug-likeness (QED) is 0.515. The fourth-order valence-electron chi connectivity index (χ4n) is 3.11. The number of nitrogens with zero attached hydrogens (tertiary/aromatic N) is 1. The van der Waals surface area contributed by atoms with Crippen LogP contribution in [-0.2, 0) is 11.2 Å². The molecule has 0 bridgehead atoms. The molecule has 0 aliphatic rings. The van der Waals surface area contributed by atoms with Crippen molar-refractivity contribution in [2.45, 2.75) is 12.5 Å². The Balaban J connectivity index is 1.51. The van der Waals surface area contributed by atoms with Crippen molar-refractivity contribution in [3.63, 3.8) is 0 Å². The number of aromatic amines is 1. The molecule has 5 heteroatoms. The van der Waals surface area contributed by atoms with Crippen LogP contribution in [0.15, 0.2) is 84.9 Å². The first-order chi connectivity index (χ1) is 13.8. The van der Waals surface area contributed by atoms with Crippen LogP contribution in [0.4, 0.5) is 0 Å². The molecular formula is C23H21N3O2. The van der Waals surface area contributed by atoms with E-state index in [1.54, 1.807) is 0 Å². The van der Waals surface area contributed by atoms with E-state index in [1.807, 2.05) is 84.9 Å². The third-order valence-corrected chi connectivity index (χ3v) is 4.47. The summed E-state index contributed by atoms with van der Waals surface area (Å²) in [5.74, 6) is 1.21. The fourth-order valence-corrected chi connectivity index (χ4v) is 3.11. The van der Waals surface area contributed by atoms with Gasteiger partial charge in [0.2, 0.25) is 0 Å². The number of carbonyl (C=O) groups excluding carboxylic acids is 1. The lowest BCUT2D eigenvalue weighted by Gasteiger charge is -2.17. The number of benzene rings is 3. The number of hydrogen-bond acceptors (Lipinski definition) is 3. The Morgan fingerprint density at radius 3 is 2.36 bits per heavy atom. The summed E-state index contributed by atoms with van der Waals surface area (Å²) in [6.07, 6.45) is 0.637. The van der Waals surface area contributed by atoms with Crippen molar-refractivity contribution < 1.29 is 9.53 Å². The summed E-state index contributed by atoms with van der Waals surface area (Å²) in [6, 6.07) is 26.9. The summed E-state index contributed by atoms with van der Waals surface area (Å²) in [7, 11) is 0. The minimum absolute atomic E-state index is 0.0461. The first-order valence-corrected chi connectivity index (χ1v) is 9.24. The molecule has 1 heterocycles. The van der Waals surface area contributed by atoms with E-state index in [-0.39, 0.29) is 18.6 Å². The number of fused-ring (bicyclic) bond motifs is 1. The van der Waals surface area contributed by atoms with Crippen molar-refractivity contribution in [1.29, 1.82) is 0 Å². The lowest BCUT2D eigenvalue weighted by molar-refractivity contribution is -0.123. The second-order valence-corrected chi connectivity index (χ2v) is 6.55. The van der Waals surface area contributed by atoms with Crippen LogP contribution in [0.25, 0.3) is 11.0 Å². The minimum atomic E-state index is -0.276. The average Bonchev–Trinajstić information content (AvgIpc) is 3.18. The summed E-state index contributed by atoms with van der Waals surface area (Å²) < 4.78 is 5.57. The normalized spacial score (nSPS) is 11.9. The number of ether oxygens (including phenoxy) is 1. The molecule has 1 amide bonds. The minimum Gasteiger partial charge on any atom is -0.484 e. The van der Waals surface area contributed by atoms with Gasteiger partial charge < -0.3 is 15.0 Å². The van der Waals surface area contributed by atoms with Gasteiger partial charge >= 0.3 is 0 Å². The third-order valence-electron chi connectivity index (χ3n) is 4.47. The largest absolute Gasteiger partial charge is 0.484 e. The zero-order valence-corrected chi connectivity index (χ0v) is 15.3. The maximum Gasteiger partial charge on any atom is 0.258 e. The van der Waals surface area contributed by atoms with Crippen LogP contribution in [-0.4, -0.2) is 22.5 Å². The molecule has 0 aliphatic heterocycles. The molecule has 28 heavy (non-hydrogen) atoms. The number of aromatic nitrogens is 2. The molecule has 0 saturated carbocycles. The third kappa shape index (κ3) is 4.38. The molecule has 4 aromatic rings. The molecule has 0 fully saturated rings. The molecule has 1 atom stereocenters. The van der Waals surface area contributed by atoms with Gasteiger partial charge in [-0.15, -0.1) is 0 Å². The van der Waals surface area contributed by atoms with Gasteiger partial charge in [-0.1, -0.05) is 60.7 Å². The average molecular weight is 371 g/mol. The summed E-state index contributed by atoms with van der Waals surface area (Å²) >= 11 is 0. The maximum absolute atomic E-state index is 12.5. The van der Waals surface area contributed by atoms with E-state index in [4.69, 9.17) is 4.74 Å². The number of amides is 1. The lowest BCUT2D eigenvalue weighted by Crippen LogP contribution is -2.34. The highest BCUT2D eigenvalue weighted by Gasteiger charge is 2.19. The number of H-pyrrole nitrogens is 1. The summed E-state index contributed by atoms with van der Waals surface area (Å²) in [5, 5.41) is 3.06. The highest BCUT2D eigenvalue weighted by molar-refractivity contribution is 5.78. The molecular weight excluding hydrogens is 350 g/mol. The Morgan fingerprint density at radius 2 is 1.61 bits per heavy atom. The smallest absolute Gasteiger partial charge is 0.258 e. The second-order valence-electron chi connectivity index (χ2n) is 6.55. The Kier molecular flexibility index (Phi) is 5.33. The van der Waals surface area contributed by atoms with E-state index in [9.17, 15) is 4.79 Å². The van der Waals surface area contributed by atoms with E-state index in [0.717, 1.165) is 22.4 Å². The number of nitrogens with one attached hydrogen (secondary N) is 2. The molecule has 0 aliphatic carbocycles. The molecule has 3 aromatic carbocycles. The number of rotatable bonds is 7. The molecule has 1 aromatic heterocycles. The highest BCUT2D eigenvalue weighted by Crippen LogP contribution is 2.20. The van der Waals surface area contributed by atoms with Gasteiger partial charge in [0.1, 0.15) is 11.6 Å². The van der Waals surface area contributed by atoms with Gasteiger partial charge in [-0.25, -0.2) is 4.98 Å². The molecule has 4 rings (SSSR count). The van der Waals surface area contributed by atoms with E-state index in [0.29, 0.717) is 12.2 Å². The first-order valence-electron chi connectivity index (χ1n) is 9.24. The van der Waals surface area contributed by atoms with Crippen LogP contribution in [0.1, 0.15) is 17.4 Å². The van der Waals surface area contributed by atoms with Crippen LogP contribution in [0.2, 0.25) is 0 Å². The van der Waals surface area contributed by atoms with E-state index in [1.165, 1.54) is 0 Å². The lowest BCUT2D eigenvalue weighted by atomic mass is 10.1. The van der Waals surface area contributed by atoms with Gasteiger partial charge in [0.05, 0.1) is 17.1 Å². The van der Waals surface area contributed by atoms with Crippen LogP contribution in [0.3, 0.4) is 0 Å². The molecule has 5 nitrogen and oxygen atoms in total. The Bertz CT molecular complexity index is 1010. The predicted octanol–water partition coefficient (Wildman–Crippen LogP) is 4.04. The van der Waals surface area contributed by atoms with Crippen molar-refractivity contribution in [2.24, 2.45) is 0 Å². The molecule has 0 radical (unpaired) electrons. The number of hydrogen-bond donors (Lipinski definition) is 2. The monoisotopic (exact) mass is 371 g/mol. The summed E-state index contributed by atoms with van der Waals surface area (Å²) in [5.41, 5.74) is 2.95. The van der Waals surface area contributed by atoms with Gasteiger partial charge in [-0.05, 0) is 36.2 Å². The van der Waals surface area contributed by atoms with Crippen molar-refractivity contribution in [3.8, 4) is 5.75 Å². The van der Waals surface area contributed by atoms with Crippen LogP contribution < -0.4 is 10.1 Å². The fraction of sp³-hybridized carbons (Fsp3) is 0.130. The molecule has 0 saturated heterocycles. The van der Waals surface area contributed by atoms with Crippen molar-refractivity contribution >= 4 is 16.9 Å². The van der Waals surface area contributed by atoms with Crippen LogP contribution in [0.5, 0.6) is 5.75 Å². The van der Waals surface area contributed by atoms with Gasteiger partial charge in [0, 0.05) is 0 Å².